The molecule has 1 amide bonds. The van der Waals surface area contributed by atoms with Crippen LogP contribution in [0.5, 0.6) is 0 Å². The van der Waals surface area contributed by atoms with Crippen molar-refractivity contribution in [3.8, 4) is 0 Å². The van der Waals surface area contributed by atoms with E-state index in [1.54, 1.807) is 13.1 Å². The number of nitrogens with zero attached hydrogens (tertiary/aromatic N) is 2. The first-order valence-electron chi connectivity index (χ1n) is 9.21. The number of aromatic nitrogens is 2. The molecule has 1 aromatic carbocycles. The van der Waals surface area contributed by atoms with Crippen molar-refractivity contribution in [3.63, 3.8) is 0 Å². The highest BCUT2D eigenvalue weighted by Crippen LogP contribution is 2.05. The van der Waals surface area contributed by atoms with Crippen LogP contribution in [0.1, 0.15) is 16.8 Å². The molecule has 0 unspecified atom stereocenters. The number of guanidine groups is 1. The molecule has 10 nitrogen and oxygen atoms in total. The van der Waals surface area contributed by atoms with Gasteiger partial charge in [-0.1, -0.05) is 29.8 Å². The number of nitrogens with two attached hydrogens (primary N) is 1. The number of rotatable bonds is 10. The van der Waals surface area contributed by atoms with Crippen molar-refractivity contribution < 1.29 is 9.63 Å². The normalized spacial score (nSPS) is 10.1. The Morgan fingerprint density at radius 2 is 2.07 bits per heavy atom. The molecule has 164 valence electrons. The third kappa shape index (κ3) is 8.10. The van der Waals surface area contributed by atoms with E-state index < -0.39 is 0 Å². The van der Waals surface area contributed by atoms with Crippen LogP contribution in [0.25, 0.3) is 0 Å². The van der Waals surface area contributed by atoms with Crippen LogP contribution in [0.3, 0.4) is 0 Å². The van der Waals surface area contributed by atoms with E-state index in [1.165, 1.54) is 15.7 Å². The lowest BCUT2D eigenvalue weighted by Gasteiger charge is -2.13. The van der Waals surface area contributed by atoms with Crippen LogP contribution in [0.2, 0.25) is 0 Å². The zero-order valence-corrected chi connectivity index (χ0v) is 17.8. The molecule has 0 saturated carbocycles. The first kappa shape index (κ1) is 24.9. The minimum absolute atomic E-state index is 0. The molecule has 2 aromatic rings. The van der Waals surface area contributed by atoms with Crippen molar-refractivity contribution in [3.05, 3.63) is 57.6 Å². The Balaban J connectivity index is 0.00000450. The Labute approximate surface area is 181 Å². The summed E-state index contributed by atoms with van der Waals surface area (Å²) in [5.41, 5.74) is 9.83. The van der Waals surface area contributed by atoms with Crippen LogP contribution < -0.4 is 27.4 Å². The van der Waals surface area contributed by atoms with Gasteiger partial charge in [0.2, 0.25) is 11.9 Å². The van der Waals surface area contributed by atoms with E-state index in [0.29, 0.717) is 12.2 Å². The topological polar surface area (TPSA) is 147 Å². The fourth-order valence-electron chi connectivity index (χ4n) is 2.65. The summed E-state index contributed by atoms with van der Waals surface area (Å²) in [5, 5.41) is 12.6. The van der Waals surface area contributed by atoms with E-state index in [0.717, 1.165) is 6.42 Å². The third-order valence-corrected chi connectivity index (χ3v) is 4.05. The Morgan fingerprint density at radius 1 is 1.30 bits per heavy atom. The van der Waals surface area contributed by atoms with E-state index in [2.05, 4.69) is 27.2 Å². The average Bonchev–Trinajstić information content (AvgIpc) is 2.66. The summed E-state index contributed by atoms with van der Waals surface area (Å²) in [7, 11) is 0. The maximum absolute atomic E-state index is 12.7. The summed E-state index contributed by atoms with van der Waals surface area (Å²) in [6.45, 7) is 4.52. The second-order valence-corrected chi connectivity index (χ2v) is 6.52. The van der Waals surface area contributed by atoms with Gasteiger partial charge in [0.25, 0.3) is 5.56 Å². The van der Waals surface area contributed by atoms with Gasteiger partial charge < -0.3 is 16.4 Å². The molecule has 0 radical (unpaired) electrons. The number of nitrogens with one attached hydrogen (secondary N) is 4. The first-order valence-corrected chi connectivity index (χ1v) is 9.21. The molecule has 0 fully saturated rings. The number of halogens is 1. The van der Waals surface area contributed by atoms with Gasteiger partial charge in [-0.15, -0.1) is 12.4 Å². The highest BCUT2D eigenvalue weighted by atomic mass is 35.5. The van der Waals surface area contributed by atoms with Crippen molar-refractivity contribution >= 4 is 30.1 Å². The molecule has 0 bridgehead atoms. The Hall–Kier alpha value is -3.11. The molecule has 0 atom stereocenters. The summed E-state index contributed by atoms with van der Waals surface area (Å²) in [4.78, 5) is 33.8. The molecule has 1 heterocycles. The molecular formula is C19H28ClN7O3. The van der Waals surface area contributed by atoms with Gasteiger partial charge in [-0.25, -0.2) is 10.5 Å². The zero-order valence-electron chi connectivity index (χ0n) is 17.0. The minimum atomic E-state index is -0.348. The van der Waals surface area contributed by atoms with Gasteiger partial charge in [-0.3, -0.25) is 24.4 Å². The molecule has 30 heavy (non-hydrogen) atoms. The van der Waals surface area contributed by atoms with Crippen molar-refractivity contribution in [2.45, 2.75) is 26.8 Å². The number of hydrogen-bond donors (Lipinski definition) is 5. The number of amides is 1. The lowest BCUT2D eigenvalue weighted by molar-refractivity contribution is -0.122. The van der Waals surface area contributed by atoms with Crippen LogP contribution >= 0.6 is 12.4 Å². The second kappa shape index (κ2) is 12.5. The molecule has 0 aliphatic heterocycles. The average molecular weight is 438 g/mol. The predicted molar refractivity (Wildman–Crippen MR) is 118 cm³/mol. The van der Waals surface area contributed by atoms with Crippen LogP contribution in [0, 0.1) is 19.3 Å². The van der Waals surface area contributed by atoms with Crippen LogP contribution in [0.4, 0.5) is 5.82 Å². The van der Waals surface area contributed by atoms with E-state index in [9.17, 15) is 9.59 Å². The van der Waals surface area contributed by atoms with Crippen LogP contribution in [-0.4, -0.2) is 41.1 Å². The standard InChI is InChI=1S/C19H27N7O3.ClH/c1-13-4-3-5-15(10-13)6-7-23-17-18(28)26(14(2)11-24-17)12-16(27)22-8-9-29-25-19(20)21;/h3-5,10-11H,6-9,12H2,1-2H3,(H,22,27)(H,23,24)(H4,20,21,25);1H. The highest BCUT2D eigenvalue weighted by molar-refractivity contribution is 5.85. The van der Waals surface area contributed by atoms with Crippen molar-refractivity contribution in [1.82, 2.24) is 20.3 Å². The lowest BCUT2D eigenvalue weighted by Crippen LogP contribution is -2.37. The fraction of sp³-hybridized carbons (Fsp3) is 0.368. The smallest absolute Gasteiger partial charge is 0.293 e. The quantitative estimate of drug-likeness (QED) is 0.157. The van der Waals surface area contributed by atoms with E-state index in [4.69, 9.17) is 16.0 Å². The monoisotopic (exact) mass is 437 g/mol. The number of carbonyl (C=O) groups excluding carboxylic acids is 1. The maximum atomic E-state index is 12.7. The minimum Gasteiger partial charge on any atom is -0.368 e. The Morgan fingerprint density at radius 3 is 2.77 bits per heavy atom. The molecule has 0 aliphatic carbocycles. The second-order valence-electron chi connectivity index (χ2n) is 6.52. The van der Waals surface area contributed by atoms with Gasteiger partial charge in [-0.2, -0.15) is 0 Å². The summed E-state index contributed by atoms with van der Waals surface area (Å²) >= 11 is 0. The van der Waals surface area contributed by atoms with Crippen molar-refractivity contribution in [1.29, 1.82) is 5.41 Å². The fourth-order valence-corrected chi connectivity index (χ4v) is 2.65. The van der Waals surface area contributed by atoms with E-state index in [-0.39, 0.29) is 55.3 Å². The molecule has 0 spiro atoms. The highest BCUT2D eigenvalue weighted by Gasteiger charge is 2.11. The summed E-state index contributed by atoms with van der Waals surface area (Å²) in [6.07, 6.45) is 2.31. The van der Waals surface area contributed by atoms with Gasteiger partial charge in [0.05, 0.1) is 6.61 Å². The summed E-state index contributed by atoms with van der Waals surface area (Å²) in [6, 6.07) is 8.17. The molecule has 0 aliphatic rings. The molecular weight excluding hydrogens is 410 g/mol. The number of anilines is 1. The van der Waals surface area contributed by atoms with Crippen molar-refractivity contribution in [2.24, 2.45) is 5.73 Å². The SMILES string of the molecule is Cc1cccc(CCNc2ncc(C)n(CC(=O)NCCONC(=N)N)c2=O)c1.Cl. The molecule has 0 saturated heterocycles. The molecule has 11 heteroatoms. The predicted octanol–water partition coefficient (Wildman–Crippen LogP) is 0.467. The molecule has 6 N–H and O–H groups in total. The Bertz CT molecular complexity index is 917. The van der Waals surface area contributed by atoms with E-state index in [1.807, 2.05) is 25.1 Å². The molecule has 2 rings (SSSR count). The Kier molecular flexibility index (Phi) is 10.3. The summed E-state index contributed by atoms with van der Waals surface area (Å²) < 4.78 is 1.37. The first-order chi connectivity index (χ1) is 13.9. The largest absolute Gasteiger partial charge is 0.368 e. The molecule has 1 aromatic heterocycles. The number of carbonyl (C=O) groups is 1. The van der Waals surface area contributed by atoms with Gasteiger partial charge in [0.15, 0.2) is 5.82 Å². The lowest BCUT2D eigenvalue weighted by atomic mass is 10.1. The third-order valence-electron chi connectivity index (χ3n) is 4.05. The number of aryl methyl sites for hydroxylation is 2. The van der Waals surface area contributed by atoms with Crippen LogP contribution in [0.15, 0.2) is 35.3 Å². The zero-order chi connectivity index (χ0) is 21.2. The van der Waals surface area contributed by atoms with Crippen LogP contribution in [-0.2, 0) is 22.6 Å². The van der Waals surface area contributed by atoms with E-state index >= 15 is 0 Å². The maximum Gasteiger partial charge on any atom is 0.293 e. The summed E-state index contributed by atoms with van der Waals surface area (Å²) in [5.74, 6) is -0.443. The van der Waals surface area contributed by atoms with Gasteiger partial charge >= 0.3 is 0 Å². The van der Waals surface area contributed by atoms with Gasteiger partial charge in [-0.05, 0) is 25.8 Å². The van der Waals surface area contributed by atoms with Gasteiger partial charge in [0.1, 0.15) is 6.54 Å². The number of hydroxylamine groups is 1. The number of benzene rings is 1. The van der Waals surface area contributed by atoms with Crippen molar-refractivity contribution in [2.75, 3.05) is 25.0 Å². The van der Waals surface area contributed by atoms with Gasteiger partial charge in [0, 0.05) is 25.0 Å². The number of hydrogen-bond acceptors (Lipinski definition) is 6.